The van der Waals surface area contributed by atoms with Crippen LogP contribution in [0.3, 0.4) is 0 Å². The van der Waals surface area contributed by atoms with Gasteiger partial charge in [-0.25, -0.2) is 0 Å². The van der Waals surface area contributed by atoms with Crippen molar-refractivity contribution < 1.29 is 14.7 Å². The minimum atomic E-state index is -0.991. The van der Waals surface area contributed by atoms with Crippen LogP contribution in [0.1, 0.15) is 15.9 Å². The molecule has 1 amide bonds. The lowest BCUT2D eigenvalue weighted by Crippen LogP contribution is -2.29. The van der Waals surface area contributed by atoms with Gasteiger partial charge in [-0.15, -0.1) is 11.3 Å². The number of carbonyl (C=O) groups excluding carboxylic acids is 1. The Morgan fingerprint density at radius 2 is 2.00 bits per heavy atom. The molecule has 5 heteroatoms. The molecular weight excluding hydrogens is 310 g/mol. The maximum atomic E-state index is 12.4. The van der Waals surface area contributed by atoms with Crippen molar-refractivity contribution in [1.82, 2.24) is 4.90 Å². The van der Waals surface area contributed by atoms with Gasteiger partial charge in [0, 0.05) is 27.8 Å². The summed E-state index contributed by atoms with van der Waals surface area (Å²) in [5.74, 6) is -1.20. The van der Waals surface area contributed by atoms with E-state index in [9.17, 15) is 9.59 Å². The molecule has 1 N–H and O–H groups in total. The second-order valence-electron chi connectivity index (χ2n) is 5.57. The van der Waals surface area contributed by atoms with E-state index in [1.54, 1.807) is 11.3 Å². The summed E-state index contributed by atoms with van der Waals surface area (Å²) in [5.41, 5.74) is 3.60. The number of thiophene rings is 1. The molecule has 2 heterocycles. The number of fused-ring (bicyclic) bond motifs is 2. The zero-order chi connectivity index (χ0) is 16.0. The fourth-order valence-corrected chi connectivity index (χ4v) is 3.99. The first kappa shape index (κ1) is 14.0. The Labute approximate surface area is 136 Å². The second kappa shape index (κ2) is 5.21. The van der Waals surface area contributed by atoms with Gasteiger partial charge < -0.3 is 10.0 Å². The Bertz CT molecular complexity index is 944. The van der Waals surface area contributed by atoms with E-state index in [2.05, 4.69) is 17.5 Å². The molecule has 114 valence electrons. The zero-order valence-corrected chi connectivity index (χ0v) is 13.0. The van der Waals surface area contributed by atoms with E-state index in [1.165, 1.54) is 15.0 Å². The van der Waals surface area contributed by atoms with E-state index in [-0.39, 0.29) is 12.5 Å². The van der Waals surface area contributed by atoms with Crippen LogP contribution in [0.2, 0.25) is 0 Å². The van der Waals surface area contributed by atoms with Crippen LogP contribution < -0.4 is 0 Å². The number of hydrogen-bond acceptors (Lipinski definition) is 3. The summed E-state index contributed by atoms with van der Waals surface area (Å²) in [6, 6.07) is 14.0. The highest BCUT2D eigenvalue weighted by Gasteiger charge is 2.29. The Morgan fingerprint density at radius 3 is 2.83 bits per heavy atom. The maximum Gasteiger partial charge on any atom is 0.323 e. The van der Waals surface area contributed by atoms with Crippen LogP contribution in [0.5, 0.6) is 0 Å². The lowest BCUT2D eigenvalue weighted by atomic mass is 10.00. The summed E-state index contributed by atoms with van der Waals surface area (Å²) in [6.07, 6.45) is 0. The maximum absolute atomic E-state index is 12.4. The van der Waals surface area contributed by atoms with Crippen molar-refractivity contribution in [2.75, 3.05) is 6.54 Å². The molecule has 0 aliphatic carbocycles. The molecule has 1 aromatic heterocycles. The Morgan fingerprint density at radius 1 is 1.17 bits per heavy atom. The minimum absolute atomic E-state index is 0.205. The molecule has 1 aliphatic heterocycles. The largest absolute Gasteiger partial charge is 0.480 e. The smallest absolute Gasteiger partial charge is 0.323 e. The second-order valence-corrected chi connectivity index (χ2v) is 6.48. The van der Waals surface area contributed by atoms with E-state index in [0.717, 1.165) is 16.7 Å². The zero-order valence-electron chi connectivity index (χ0n) is 12.2. The van der Waals surface area contributed by atoms with Crippen molar-refractivity contribution in [1.29, 1.82) is 0 Å². The molecule has 0 atom stereocenters. The number of aliphatic carboxylic acids is 1. The first-order valence-corrected chi connectivity index (χ1v) is 8.12. The lowest BCUT2D eigenvalue weighted by Gasteiger charge is -2.11. The molecule has 0 saturated carbocycles. The van der Waals surface area contributed by atoms with Gasteiger partial charge in [-0.2, -0.15) is 0 Å². The van der Waals surface area contributed by atoms with Crippen molar-refractivity contribution in [3.05, 3.63) is 59.0 Å². The Balaban J connectivity index is 1.76. The normalized spacial score (nSPS) is 13.6. The third-order valence-electron chi connectivity index (χ3n) is 4.11. The van der Waals surface area contributed by atoms with Gasteiger partial charge in [0.05, 0.1) is 0 Å². The standard InChI is InChI=1S/C18H13NO3S/c20-17(21)9-19-8-12-6-5-11(7-14(12)18(19)22)15-10-23-16-4-2-1-3-13(15)16/h1-7,10H,8-9H2,(H,20,21). The van der Waals surface area contributed by atoms with Gasteiger partial charge in [-0.1, -0.05) is 30.3 Å². The highest BCUT2D eigenvalue weighted by atomic mass is 32.1. The molecule has 0 radical (unpaired) electrons. The number of amides is 1. The van der Waals surface area contributed by atoms with Crippen LogP contribution in [0.4, 0.5) is 0 Å². The molecule has 1 aliphatic rings. The monoisotopic (exact) mass is 323 g/mol. The van der Waals surface area contributed by atoms with Gasteiger partial charge in [0.25, 0.3) is 5.91 Å². The van der Waals surface area contributed by atoms with Crippen LogP contribution in [0.15, 0.2) is 47.8 Å². The van der Waals surface area contributed by atoms with E-state index in [0.29, 0.717) is 12.1 Å². The molecule has 0 spiro atoms. The number of hydrogen-bond donors (Lipinski definition) is 1. The summed E-state index contributed by atoms with van der Waals surface area (Å²) in [4.78, 5) is 24.6. The van der Waals surface area contributed by atoms with E-state index in [4.69, 9.17) is 5.11 Å². The quantitative estimate of drug-likeness (QED) is 0.801. The SMILES string of the molecule is O=C(O)CN1Cc2ccc(-c3csc4ccccc34)cc2C1=O. The van der Waals surface area contributed by atoms with Gasteiger partial charge >= 0.3 is 5.97 Å². The average Bonchev–Trinajstić information content (AvgIpc) is 3.09. The Hall–Kier alpha value is -2.66. The topological polar surface area (TPSA) is 57.6 Å². The van der Waals surface area contributed by atoms with Crippen molar-refractivity contribution in [3.63, 3.8) is 0 Å². The number of nitrogens with zero attached hydrogens (tertiary/aromatic N) is 1. The first-order chi connectivity index (χ1) is 11.1. The third-order valence-corrected chi connectivity index (χ3v) is 5.07. The summed E-state index contributed by atoms with van der Waals surface area (Å²) in [7, 11) is 0. The predicted octanol–water partition coefficient (Wildman–Crippen LogP) is 3.61. The van der Waals surface area contributed by atoms with Crippen LogP contribution in [-0.4, -0.2) is 28.4 Å². The fraction of sp³-hybridized carbons (Fsp3) is 0.111. The molecule has 23 heavy (non-hydrogen) atoms. The molecule has 3 aromatic rings. The number of rotatable bonds is 3. The molecule has 0 fully saturated rings. The molecule has 0 saturated heterocycles. The summed E-state index contributed by atoms with van der Waals surface area (Å²) in [5, 5.41) is 12.2. The van der Waals surface area contributed by atoms with Gasteiger partial charge in [0.1, 0.15) is 6.54 Å². The fourth-order valence-electron chi connectivity index (χ4n) is 3.02. The van der Waals surface area contributed by atoms with Gasteiger partial charge in [-0.05, 0) is 28.6 Å². The van der Waals surface area contributed by atoms with Gasteiger partial charge in [0.15, 0.2) is 0 Å². The average molecular weight is 323 g/mol. The van der Waals surface area contributed by atoms with Gasteiger partial charge in [0.2, 0.25) is 0 Å². The molecule has 4 rings (SSSR count). The summed E-state index contributed by atoms with van der Waals surface area (Å²) < 4.78 is 1.21. The third kappa shape index (κ3) is 2.29. The number of carboxylic acids is 1. The highest BCUT2D eigenvalue weighted by molar-refractivity contribution is 7.17. The minimum Gasteiger partial charge on any atom is -0.480 e. The molecule has 4 nitrogen and oxygen atoms in total. The Kier molecular flexibility index (Phi) is 3.16. The van der Waals surface area contributed by atoms with Crippen molar-refractivity contribution in [2.24, 2.45) is 0 Å². The highest BCUT2D eigenvalue weighted by Crippen LogP contribution is 2.36. The first-order valence-electron chi connectivity index (χ1n) is 7.24. The molecule has 0 unspecified atom stereocenters. The summed E-state index contributed by atoms with van der Waals surface area (Å²) in [6.45, 7) is 0.107. The number of carboxylic acid groups (broad SMARTS) is 1. The van der Waals surface area contributed by atoms with E-state index < -0.39 is 5.97 Å². The van der Waals surface area contributed by atoms with Crippen molar-refractivity contribution >= 4 is 33.3 Å². The van der Waals surface area contributed by atoms with Crippen LogP contribution in [0, 0.1) is 0 Å². The molecule has 0 bridgehead atoms. The lowest BCUT2D eigenvalue weighted by molar-refractivity contribution is -0.137. The predicted molar refractivity (Wildman–Crippen MR) is 89.6 cm³/mol. The van der Waals surface area contributed by atoms with Crippen molar-refractivity contribution in [2.45, 2.75) is 6.54 Å². The van der Waals surface area contributed by atoms with Gasteiger partial charge in [-0.3, -0.25) is 9.59 Å². The number of carbonyl (C=O) groups is 2. The van der Waals surface area contributed by atoms with Crippen LogP contribution in [0.25, 0.3) is 21.2 Å². The van der Waals surface area contributed by atoms with E-state index in [1.807, 2.05) is 30.3 Å². The van der Waals surface area contributed by atoms with E-state index >= 15 is 0 Å². The number of benzene rings is 2. The molecule has 2 aromatic carbocycles. The molecular formula is C18H13NO3S. The van der Waals surface area contributed by atoms with Crippen LogP contribution in [-0.2, 0) is 11.3 Å². The van der Waals surface area contributed by atoms with Crippen molar-refractivity contribution in [3.8, 4) is 11.1 Å². The van der Waals surface area contributed by atoms with Crippen LogP contribution >= 0.6 is 11.3 Å². The summed E-state index contributed by atoms with van der Waals surface area (Å²) >= 11 is 1.68.